The minimum Gasteiger partial charge on any atom is -0.380 e. The highest BCUT2D eigenvalue weighted by molar-refractivity contribution is 4.67. The van der Waals surface area contributed by atoms with Crippen LogP contribution in [0, 0.1) is 0 Å². The molecule has 102 valence electrons. The molecular weight excluding hydrogens is 212 g/mol. The van der Waals surface area contributed by atoms with Crippen LogP contribution in [0.1, 0.15) is 46.0 Å². The fraction of sp³-hybridized carbons (Fsp3) is 1.00. The van der Waals surface area contributed by atoms with Gasteiger partial charge in [-0.05, 0) is 45.2 Å². The van der Waals surface area contributed by atoms with Gasteiger partial charge in [-0.25, -0.2) is 0 Å². The summed E-state index contributed by atoms with van der Waals surface area (Å²) in [4.78, 5) is 2.56. The Balaban J connectivity index is 2.07. The molecule has 0 radical (unpaired) electrons. The highest BCUT2D eigenvalue weighted by Crippen LogP contribution is 2.05. The van der Waals surface area contributed by atoms with Crippen molar-refractivity contribution in [3.05, 3.63) is 0 Å². The van der Waals surface area contributed by atoms with E-state index in [-0.39, 0.29) is 0 Å². The van der Waals surface area contributed by atoms with Crippen LogP contribution in [0.5, 0.6) is 0 Å². The molecule has 0 bridgehead atoms. The third-order valence-electron chi connectivity index (χ3n) is 3.52. The van der Waals surface area contributed by atoms with Crippen LogP contribution in [0.15, 0.2) is 0 Å². The summed E-state index contributed by atoms with van der Waals surface area (Å²) in [5.74, 6) is 0. The number of nitrogens with zero attached hydrogens (tertiary/aromatic N) is 1. The van der Waals surface area contributed by atoms with Gasteiger partial charge in [0.1, 0.15) is 0 Å². The summed E-state index contributed by atoms with van der Waals surface area (Å²) < 4.78 is 5.47. The van der Waals surface area contributed by atoms with Crippen molar-refractivity contribution in [2.75, 3.05) is 39.4 Å². The fourth-order valence-electron chi connectivity index (χ4n) is 2.38. The fourth-order valence-corrected chi connectivity index (χ4v) is 2.38. The molecule has 1 saturated heterocycles. The lowest BCUT2D eigenvalue weighted by Crippen LogP contribution is -2.32. The Morgan fingerprint density at radius 3 is 2.88 bits per heavy atom. The van der Waals surface area contributed by atoms with Gasteiger partial charge in [0, 0.05) is 25.7 Å². The Bertz CT molecular complexity index is 168. The lowest BCUT2D eigenvalue weighted by Gasteiger charge is -2.21. The topological polar surface area (TPSA) is 24.5 Å². The van der Waals surface area contributed by atoms with Crippen molar-refractivity contribution in [3.8, 4) is 0 Å². The van der Waals surface area contributed by atoms with Gasteiger partial charge in [0.2, 0.25) is 0 Å². The van der Waals surface area contributed by atoms with E-state index in [1.54, 1.807) is 0 Å². The summed E-state index contributed by atoms with van der Waals surface area (Å²) in [5, 5.41) is 3.63. The van der Waals surface area contributed by atoms with Crippen LogP contribution in [-0.4, -0.2) is 50.3 Å². The van der Waals surface area contributed by atoms with Gasteiger partial charge in [-0.2, -0.15) is 0 Å². The van der Waals surface area contributed by atoms with Crippen molar-refractivity contribution >= 4 is 0 Å². The molecule has 0 aliphatic carbocycles. The van der Waals surface area contributed by atoms with Gasteiger partial charge in [-0.15, -0.1) is 0 Å². The van der Waals surface area contributed by atoms with Crippen LogP contribution >= 0.6 is 0 Å². The zero-order valence-corrected chi connectivity index (χ0v) is 11.7. The van der Waals surface area contributed by atoms with Gasteiger partial charge >= 0.3 is 0 Å². The van der Waals surface area contributed by atoms with E-state index < -0.39 is 0 Å². The number of hydrogen-bond donors (Lipinski definition) is 1. The Hall–Kier alpha value is -0.120. The van der Waals surface area contributed by atoms with Crippen LogP contribution in [-0.2, 0) is 4.74 Å². The average Bonchev–Trinajstić information content (AvgIpc) is 2.62. The van der Waals surface area contributed by atoms with E-state index in [9.17, 15) is 0 Å². The molecule has 3 heteroatoms. The molecule has 17 heavy (non-hydrogen) atoms. The summed E-state index contributed by atoms with van der Waals surface area (Å²) in [7, 11) is 0. The monoisotopic (exact) mass is 242 g/mol. The molecule has 1 unspecified atom stereocenters. The first-order chi connectivity index (χ1) is 8.36. The van der Waals surface area contributed by atoms with Crippen molar-refractivity contribution in [1.82, 2.24) is 10.2 Å². The summed E-state index contributed by atoms with van der Waals surface area (Å²) in [6, 6.07) is 0.721. The molecule has 0 aromatic rings. The smallest absolute Gasteiger partial charge is 0.0593 e. The predicted molar refractivity (Wildman–Crippen MR) is 73.5 cm³/mol. The molecule has 1 N–H and O–H groups in total. The van der Waals surface area contributed by atoms with Crippen molar-refractivity contribution in [3.63, 3.8) is 0 Å². The number of hydrogen-bond acceptors (Lipinski definition) is 3. The van der Waals surface area contributed by atoms with Crippen molar-refractivity contribution in [2.45, 2.75) is 52.0 Å². The molecule has 1 aliphatic rings. The third-order valence-corrected chi connectivity index (χ3v) is 3.52. The van der Waals surface area contributed by atoms with Gasteiger partial charge in [-0.1, -0.05) is 13.8 Å². The van der Waals surface area contributed by atoms with Crippen molar-refractivity contribution < 1.29 is 4.74 Å². The van der Waals surface area contributed by atoms with E-state index in [1.165, 1.54) is 45.2 Å². The normalized spacial score (nSPS) is 20.1. The summed E-state index contributed by atoms with van der Waals surface area (Å²) in [6.45, 7) is 11.1. The first kappa shape index (κ1) is 14.9. The molecule has 0 spiro atoms. The van der Waals surface area contributed by atoms with Crippen LogP contribution in [0.2, 0.25) is 0 Å². The lowest BCUT2D eigenvalue weighted by molar-refractivity contribution is 0.141. The highest BCUT2D eigenvalue weighted by Gasteiger charge is 2.10. The second-order valence-electron chi connectivity index (χ2n) is 5.01. The molecule has 0 saturated carbocycles. The van der Waals surface area contributed by atoms with Crippen LogP contribution in [0.3, 0.4) is 0 Å². The zero-order chi connectivity index (χ0) is 12.3. The van der Waals surface area contributed by atoms with Gasteiger partial charge in [0.25, 0.3) is 0 Å². The molecule has 1 atom stereocenters. The molecule has 1 heterocycles. The van der Waals surface area contributed by atoms with E-state index in [1.807, 2.05) is 0 Å². The van der Waals surface area contributed by atoms with E-state index in [0.717, 1.165) is 32.3 Å². The average molecular weight is 242 g/mol. The Morgan fingerprint density at radius 1 is 1.24 bits per heavy atom. The molecule has 0 aromatic carbocycles. The molecule has 0 aromatic heterocycles. The van der Waals surface area contributed by atoms with Gasteiger partial charge in [0.05, 0.1) is 6.61 Å². The van der Waals surface area contributed by atoms with E-state index in [2.05, 4.69) is 24.1 Å². The van der Waals surface area contributed by atoms with Crippen LogP contribution in [0.25, 0.3) is 0 Å². The second kappa shape index (κ2) is 9.86. The van der Waals surface area contributed by atoms with E-state index in [0.29, 0.717) is 0 Å². The largest absolute Gasteiger partial charge is 0.380 e. The minimum absolute atomic E-state index is 0.721. The van der Waals surface area contributed by atoms with E-state index in [4.69, 9.17) is 4.74 Å². The maximum absolute atomic E-state index is 5.47. The summed E-state index contributed by atoms with van der Waals surface area (Å²) in [6.07, 6.45) is 6.32. The Morgan fingerprint density at radius 2 is 2.12 bits per heavy atom. The SMILES string of the molecule is CCCNC(CC)CCCN1CCCOCC1. The maximum Gasteiger partial charge on any atom is 0.0593 e. The first-order valence-corrected chi connectivity index (χ1v) is 7.40. The quantitative estimate of drug-likeness (QED) is 0.706. The van der Waals surface area contributed by atoms with Gasteiger partial charge in [0.15, 0.2) is 0 Å². The molecule has 0 amide bonds. The van der Waals surface area contributed by atoms with Crippen LogP contribution < -0.4 is 5.32 Å². The Labute approximate surface area is 107 Å². The molecule has 1 fully saturated rings. The third kappa shape index (κ3) is 7.02. The highest BCUT2D eigenvalue weighted by atomic mass is 16.5. The lowest BCUT2D eigenvalue weighted by atomic mass is 10.1. The molecule has 1 aliphatic heterocycles. The minimum atomic E-state index is 0.721. The maximum atomic E-state index is 5.47. The second-order valence-corrected chi connectivity index (χ2v) is 5.01. The first-order valence-electron chi connectivity index (χ1n) is 7.40. The molecule has 1 rings (SSSR count). The molecule has 3 nitrogen and oxygen atoms in total. The number of nitrogens with one attached hydrogen (secondary N) is 1. The predicted octanol–water partition coefficient (Wildman–Crippen LogP) is 2.27. The van der Waals surface area contributed by atoms with Gasteiger partial charge < -0.3 is 15.0 Å². The summed E-state index contributed by atoms with van der Waals surface area (Å²) >= 11 is 0. The van der Waals surface area contributed by atoms with Gasteiger partial charge in [-0.3, -0.25) is 0 Å². The van der Waals surface area contributed by atoms with Crippen molar-refractivity contribution in [1.29, 1.82) is 0 Å². The van der Waals surface area contributed by atoms with Crippen LogP contribution in [0.4, 0.5) is 0 Å². The van der Waals surface area contributed by atoms with Crippen molar-refractivity contribution in [2.24, 2.45) is 0 Å². The molecular formula is C14H30N2O. The standard InChI is InChI=1S/C14H30N2O/c1-3-8-15-14(4-2)7-5-9-16-10-6-12-17-13-11-16/h14-15H,3-13H2,1-2H3. The number of rotatable bonds is 8. The summed E-state index contributed by atoms with van der Waals surface area (Å²) in [5.41, 5.74) is 0. The zero-order valence-electron chi connectivity index (χ0n) is 11.7. The number of ether oxygens (including phenoxy) is 1. The Kier molecular flexibility index (Phi) is 8.67. The van der Waals surface area contributed by atoms with E-state index >= 15 is 0 Å².